The highest BCUT2D eigenvalue weighted by atomic mass is 35.5. The average Bonchev–Trinajstić information content (AvgIpc) is 2.30. The average molecular weight is 220 g/mol. The van der Waals surface area contributed by atoms with Crippen molar-refractivity contribution in [2.45, 2.75) is 31.6 Å². The van der Waals surface area contributed by atoms with Crippen molar-refractivity contribution < 1.29 is 0 Å². The number of hydrogen-bond donors (Lipinski definition) is 0. The second-order valence-corrected chi connectivity index (χ2v) is 4.56. The van der Waals surface area contributed by atoms with Crippen LogP contribution in [0.5, 0.6) is 0 Å². The molecule has 0 spiro atoms. The molecule has 2 heteroatoms. The van der Waals surface area contributed by atoms with E-state index in [9.17, 15) is 0 Å². The first-order valence-corrected chi connectivity index (χ1v) is 5.85. The maximum absolute atomic E-state index is 9.12. The minimum Gasteiger partial charge on any atom is -0.198 e. The van der Waals surface area contributed by atoms with Crippen molar-refractivity contribution in [3.63, 3.8) is 0 Å². The van der Waals surface area contributed by atoms with Crippen molar-refractivity contribution in [2.75, 3.05) is 0 Å². The second-order valence-electron chi connectivity index (χ2n) is 4.15. The van der Waals surface area contributed by atoms with Crippen LogP contribution in [0.1, 0.15) is 37.2 Å². The molecule has 0 bridgehead atoms. The molecule has 1 fully saturated rings. The smallest absolute Gasteiger partial charge is 0.0662 e. The summed E-state index contributed by atoms with van der Waals surface area (Å²) in [5.74, 6) is 0.496. The number of nitriles is 1. The van der Waals surface area contributed by atoms with E-state index in [-0.39, 0.29) is 5.92 Å². The topological polar surface area (TPSA) is 23.8 Å². The largest absolute Gasteiger partial charge is 0.198 e. The molecule has 0 heterocycles. The van der Waals surface area contributed by atoms with Gasteiger partial charge in [-0.25, -0.2) is 0 Å². The van der Waals surface area contributed by atoms with Gasteiger partial charge < -0.3 is 0 Å². The highest BCUT2D eigenvalue weighted by molar-refractivity contribution is 6.31. The van der Waals surface area contributed by atoms with Crippen molar-refractivity contribution >= 4 is 11.6 Å². The molecule has 1 aliphatic carbocycles. The van der Waals surface area contributed by atoms with Crippen molar-refractivity contribution in [2.24, 2.45) is 5.92 Å². The molecule has 78 valence electrons. The van der Waals surface area contributed by atoms with E-state index in [1.807, 2.05) is 18.2 Å². The first-order valence-electron chi connectivity index (χ1n) is 5.47. The van der Waals surface area contributed by atoms with E-state index in [1.165, 1.54) is 12.8 Å². The van der Waals surface area contributed by atoms with E-state index in [0.29, 0.717) is 5.92 Å². The van der Waals surface area contributed by atoms with Crippen LogP contribution in [0.3, 0.4) is 0 Å². The van der Waals surface area contributed by atoms with Crippen LogP contribution in [0.25, 0.3) is 0 Å². The third kappa shape index (κ3) is 2.16. The minimum atomic E-state index is 0.152. The standard InChI is InChI=1S/C13H14ClN/c14-13-8-4-3-7-12(13)11-6-2-1-5-10(11)9-15/h3-4,7-8,10-11H,1-2,5-6H2. The lowest BCUT2D eigenvalue weighted by molar-refractivity contribution is 0.369. The molecule has 0 aromatic heterocycles. The van der Waals surface area contributed by atoms with Crippen molar-refractivity contribution in [1.29, 1.82) is 5.26 Å². The van der Waals surface area contributed by atoms with E-state index in [4.69, 9.17) is 16.9 Å². The van der Waals surface area contributed by atoms with Gasteiger partial charge in [0.15, 0.2) is 0 Å². The first-order chi connectivity index (χ1) is 7.33. The first kappa shape index (κ1) is 10.5. The zero-order chi connectivity index (χ0) is 10.7. The monoisotopic (exact) mass is 219 g/mol. The van der Waals surface area contributed by atoms with Crippen molar-refractivity contribution in [3.8, 4) is 6.07 Å². The number of halogens is 1. The molecule has 1 aromatic rings. The predicted octanol–water partition coefficient (Wildman–Crippen LogP) is 4.14. The highest BCUT2D eigenvalue weighted by Crippen LogP contribution is 2.39. The lowest BCUT2D eigenvalue weighted by atomic mass is 9.76. The van der Waals surface area contributed by atoms with E-state index < -0.39 is 0 Å². The number of benzene rings is 1. The predicted molar refractivity (Wildman–Crippen MR) is 61.8 cm³/mol. The summed E-state index contributed by atoms with van der Waals surface area (Å²) in [4.78, 5) is 0. The van der Waals surface area contributed by atoms with Gasteiger partial charge in [-0.1, -0.05) is 42.6 Å². The molecule has 15 heavy (non-hydrogen) atoms. The van der Waals surface area contributed by atoms with E-state index in [0.717, 1.165) is 23.4 Å². The Labute approximate surface area is 95.7 Å². The Balaban J connectivity index is 2.29. The van der Waals surface area contributed by atoms with Gasteiger partial charge in [0.25, 0.3) is 0 Å². The third-order valence-electron chi connectivity index (χ3n) is 3.24. The Hall–Kier alpha value is -1.00. The number of rotatable bonds is 1. The van der Waals surface area contributed by atoms with Gasteiger partial charge in [-0.2, -0.15) is 5.26 Å². The Kier molecular flexibility index (Phi) is 3.28. The quantitative estimate of drug-likeness (QED) is 0.697. The molecule has 0 amide bonds. The third-order valence-corrected chi connectivity index (χ3v) is 3.58. The van der Waals surface area contributed by atoms with Gasteiger partial charge in [-0.15, -0.1) is 0 Å². The van der Waals surface area contributed by atoms with Crippen LogP contribution in [0, 0.1) is 17.2 Å². The SMILES string of the molecule is N#CC1CCCCC1c1ccccc1Cl. The highest BCUT2D eigenvalue weighted by Gasteiger charge is 2.27. The molecule has 2 rings (SSSR count). The van der Waals surface area contributed by atoms with Gasteiger partial charge in [0.1, 0.15) is 0 Å². The molecule has 1 aliphatic rings. The molecule has 0 N–H and O–H groups in total. The van der Waals surface area contributed by atoms with Crippen LogP contribution >= 0.6 is 11.6 Å². The Bertz CT molecular complexity index is 380. The molecular formula is C13H14ClN. The van der Waals surface area contributed by atoms with Gasteiger partial charge in [0, 0.05) is 10.9 Å². The maximum Gasteiger partial charge on any atom is 0.0662 e. The fourth-order valence-electron chi connectivity index (χ4n) is 2.43. The Morgan fingerprint density at radius 2 is 1.93 bits per heavy atom. The molecule has 0 aliphatic heterocycles. The summed E-state index contributed by atoms with van der Waals surface area (Å²) in [5.41, 5.74) is 1.16. The molecule has 1 aromatic carbocycles. The number of nitrogens with zero attached hydrogens (tertiary/aromatic N) is 1. The molecule has 0 radical (unpaired) electrons. The fourth-order valence-corrected chi connectivity index (χ4v) is 2.71. The van der Waals surface area contributed by atoms with Gasteiger partial charge in [0.2, 0.25) is 0 Å². The van der Waals surface area contributed by atoms with Crippen LogP contribution < -0.4 is 0 Å². The van der Waals surface area contributed by atoms with Crippen LogP contribution in [0.2, 0.25) is 5.02 Å². The zero-order valence-electron chi connectivity index (χ0n) is 8.62. The number of hydrogen-bond acceptors (Lipinski definition) is 1. The van der Waals surface area contributed by atoms with Crippen LogP contribution in [-0.4, -0.2) is 0 Å². The van der Waals surface area contributed by atoms with E-state index >= 15 is 0 Å². The van der Waals surface area contributed by atoms with Gasteiger partial charge >= 0.3 is 0 Å². The minimum absolute atomic E-state index is 0.152. The molecular weight excluding hydrogens is 206 g/mol. The summed E-state index contributed by atoms with van der Waals surface area (Å²) in [7, 11) is 0. The molecule has 1 saturated carbocycles. The summed E-state index contributed by atoms with van der Waals surface area (Å²) in [6, 6.07) is 10.3. The summed E-state index contributed by atoms with van der Waals surface area (Å²) in [6.45, 7) is 0. The van der Waals surface area contributed by atoms with Crippen LogP contribution in [0.4, 0.5) is 0 Å². The Morgan fingerprint density at radius 1 is 1.20 bits per heavy atom. The maximum atomic E-state index is 9.12. The molecule has 0 saturated heterocycles. The normalized spacial score (nSPS) is 25.9. The van der Waals surface area contributed by atoms with E-state index in [2.05, 4.69) is 12.1 Å². The summed E-state index contributed by atoms with van der Waals surface area (Å²) in [5, 5.41) is 9.93. The van der Waals surface area contributed by atoms with Crippen molar-refractivity contribution in [3.05, 3.63) is 34.9 Å². The van der Waals surface area contributed by atoms with Gasteiger partial charge in [0.05, 0.1) is 12.0 Å². The van der Waals surface area contributed by atoms with Gasteiger partial charge in [-0.3, -0.25) is 0 Å². The lowest BCUT2D eigenvalue weighted by Crippen LogP contribution is -2.16. The Morgan fingerprint density at radius 3 is 2.67 bits per heavy atom. The summed E-state index contributed by atoms with van der Waals surface area (Å²) in [6.07, 6.45) is 4.52. The van der Waals surface area contributed by atoms with Crippen LogP contribution in [0.15, 0.2) is 24.3 Å². The second kappa shape index (κ2) is 4.68. The van der Waals surface area contributed by atoms with E-state index in [1.54, 1.807) is 0 Å². The molecule has 2 atom stereocenters. The summed E-state index contributed by atoms with van der Waals surface area (Å²) < 4.78 is 0. The lowest BCUT2D eigenvalue weighted by Gasteiger charge is -2.27. The zero-order valence-corrected chi connectivity index (χ0v) is 9.37. The molecule has 2 unspecified atom stereocenters. The molecule has 1 nitrogen and oxygen atoms in total. The van der Waals surface area contributed by atoms with Crippen LogP contribution in [-0.2, 0) is 0 Å². The summed E-state index contributed by atoms with van der Waals surface area (Å²) >= 11 is 6.17. The fraction of sp³-hybridized carbons (Fsp3) is 0.462. The van der Waals surface area contributed by atoms with Gasteiger partial charge in [-0.05, 0) is 24.5 Å². The van der Waals surface area contributed by atoms with Crippen molar-refractivity contribution in [1.82, 2.24) is 0 Å².